The number of sulfonamides is 1. The molecule has 1 aromatic heterocycles. The van der Waals surface area contributed by atoms with Crippen LogP contribution in [-0.2, 0) is 14.8 Å². The smallest absolute Gasteiger partial charge is 0.233 e. The average Bonchev–Trinajstić information content (AvgIpc) is 2.55. The maximum atomic E-state index is 11.8. The standard InChI is InChI=1S/C16H17N3O3S/c20-16(19-15-8-4-5-11-17-15)9-12-18-23(21,22)13-10-14-6-2-1-3-7-14/h1-8,10-11,13,18H,9,12H2,(H,17,19,20)/b13-10+. The summed E-state index contributed by atoms with van der Waals surface area (Å²) in [5, 5.41) is 3.67. The second-order valence-electron chi connectivity index (χ2n) is 4.67. The molecule has 6 nitrogen and oxygen atoms in total. The van der Waals surface area contributed by atoms with Crippen molar-refractivity contribution in [1.29, 1.82) is 0 Å². The lowest BCUT2D eigenvalue weighted by Gasteiger charge is -2.04. The molecule has 23 heavy (non-hydrogen) atoms. The Morgan fingerprint density at radius 1 is 1.09 bits per heavy atom. The van der Waals surface area contributed by atoms with Gasteiger partial charge in [-0.05, 0) is 23.8 Å². The first-order chi connectivity index (χ1) is 11.1. The van der Waals surface area contributed by atoms with Crippen LogP contribution >= 0.6 is 0 Å². The van der Waals surface area contributed by atoms with Crippen molar-refractivity contribution in [1.82, 2.24) is 9.71 Å². The van der Waals surface area contributed by atoms with E-state index >= 15 is 0 Å². The van der Waals surface area contributed by atoms with Crippen LogP contribution in [0.4, 0.5) is 5.82 Å². The predicted molar refractivity (Wildman–Crippen MR) is 89.9 cm³/mol. The number of benzene rings is 1. The van der Waals surface area contributed by atoms with Gasteiger partial charge in [0.15, 0.2) is 0 Å². The van der Waals surface area contributed by atoms with Crippen molar-refractivity contribution in [2.75, 3.05) is 11.9 Å². The number of anilines is 1. The SMILES string of the molecule is O=C(CCNS(=O)(=O)/C=C/c1ccccc1)Nc1ccccn1. The van der Waals surface area contributed by atoms with Crippen LogP contribution in [0.2, 0.25) is 0 Å². The molecule has 7 heteroatoms. The number of nitrogens with one attached hydrogen (secondary N) is 2. The maximum absolute atomic E-state index is 11.8. The molecule has 2 N–H and O–H groups in total. The van der Waals surface area contributed by atoms with Gasteiger partial charge in [0.25, 0.3) is 0 Å². The second-order valence-corrected chi connectivity index (χ2v) is 6.32. The van der Waals surface area contributed by atoms with Crippen molar-refractivity contribution in [2.45, 2.75) is 6.42 Å². The fourth-order valence-corrected chi connectivity index (χ4v) is 2.55. The van der Waals surface area contributed by atoms with Crippen molar-refractivity contribution < 1.29 is 13.2 Å². The number of pyridine rings is 1. The average molecular weight is 331 g/mol. The zero-order valence-electron chi connectivity index (χ0n) is 12.3. The number of carbonyl (C=O) groups excluding carboxylic acids is 1. The van der Waals surface area contributed by atoms with Gasteiger partial charge in [-0.1, -0.05) is 36.4 Å². The van der Waals surface area contributed by atoms with Crippen LogP contribution in [0.3, 0.4) is 0 Å². The molecule has 1 amide bonds. The van der Waals surface area contributed by atoms with E-state index in [2.05, 4.69) is 15.0 Å². The third-order valence-electron chi connectivity index (χ3n) is 2.83. The summed E-state index contributed by atoms with van der Waals surface area (Å²) >= 11 is 0. The number of rotatable bonds is 7. The minimum Gasteiger partial charge on any atom is -0.311 e. The van der Waals surface area contributed by atoms with Crippen molar-refractivity contribution in [3.8, 4) is 0 Å². The summed E-state index contributed by atoms with van der Waals surface area (Å²) in [6.45, 7) is 0.0140. The summed E-state index contributed by atoms with van der Waals surface area (Å²) in [5.41, 5.74) is 0.783. The zero-order valence-corrected chi connectivity index (χ0v) is 13.2. The van der Waals surface area contributed by atoms with Gasteiger partial charge in [0.2, 0.25) is 15.9 Å². The number of aromatic nitrogens is 1. The molecule has 1 heterocycles. The molecule has 0 unspecified atom stereocenters. The Labute approximate surface area is 135 Å². The minimum absolute atomic E-state index is 0.0140. The van der Waals surface area contributed by atoms with E-state index in [4.69, 9.17) is 0 Å². The Morgan fingerprint density at radius 3 is 2.52 bits per heavy atom. The first-order valence-electron chi connectivity index (χ1n) is 6.99. The topological polar surface area (TPSA) is 88.2 Å². The summed E-state index contributed by atoms with van der Waals surface area (Å²) in [7, 11) is -3.57. The first kappa shape index (κ1) is 16.9. The Hall–Kier alpha value is -2.51. The predicted octanol–water partition coefficient (Wildman–Crippen LogP) is 2.00. The van der Waals surface area contributed by atoms with Gasteiger partial charge in [-0.25, -0.2) is 18.1 Å². The summed E-state index contributed by atoms with van der Waals surface area (Å²) in [4.78, 5) is 15.6. The highest BCUT2D eigenvalue weighted by molar-refractivity contribution is 7.92. The van der Waals surface area contributed by atoms with E-state index < -0.39 is 10.0 Å². The van der Waals surface area contributed by atoms with Crippen molar-refractivity contribution >= 4 is 27.8 Å². The monoisotopic (exact) mass is 331 g/mol. The van der Waals surface area contributed by atoms with Gasteiger partial charge in [-0.2, -0.15) is 0 Å². The zero-order chi connectivity index (χ0) is 16.5. The summed E-state index contributed by atoms with van der Waals surface area (Å²) in [6, 6.07) is 14.2. The third kappa shape index (κ3) is 6.41. The number of hydrogen-bond acceptors (Lipinski definition) is 4. The molecule has 0 aliphatic carbocycles. The van der Waals surface area contributed by atoms with E-state index in [1.54, 1.807) is 36.5 Å². The van der Waals surface area contributed by atoms with Gasteiger partial charge in [-0.15, -0.1) is 0 Å². The first-order valence-corrected chi connectivity index (χ1v) is 8.53. The lowest BCUT2D eigenvalue weighted by molar-refractivity contribution is -0.116. The second kappa shape index (κ2) is 8.21. The number of amides is 1. The Balaban J connectivity index is 1.78. The molecular weight excluding hydrogens is 314 g/mol. The normalized spacial score (nSPS) is 11.5. The molecule has 2 rings (SSSR count). The van der Waals surface area contributed by atoms with E-state index in [1.165, 1.54) is 6.08 Å². The van der Waals surface area contributed by atoms with Gasteiger partial charge in [0, 0.05) is 24.6 Å². The molecule has 1 aromatic carbocycles. The highest BCUT2D eigenvalue weighted by atomic mass is 32.2. The molecule has 0 atom stereocenters. The molecule has 120 valence electrons. The van der Waals surface area contributed by atoms with E-state index in [9.17, 15) is 13.2 Å². The van der Waals surface area contributed by atoms with Gasteiger partial charge in [0.1, 0.15) is 5.82 Å². The summed E-state index contributed by atoms with van der Waals surface area (Å²) < 4.78 is 26.0. The maximum Gasteiger partial charge on any atom is 0.233 e. The molecule has 0 saturated heterocycles. The number of hydrogen-bond donors (Lipinski definition) is 2. The highest BCUT2D eigenvalue weighted by Gasteiger charge is 2.07. The molecule has 0 fully saturated rings. The van der Waals surface area contributed by atoms with E-state index in [-0.39, 0.29) is 18.9 Å². The molecular formula is C16H17N3O3S. The van der Waals surface area contributed by atoms with Crippen molar-refractivity contribution in [3.05, 3.63) is 65.7 Å². The van der Waals surface area contributed by atoms with E-state index in [0.717, 1.165) is 11.0 Å². The van der Waals surface area contributed by atoms with Crippen LogP contribution in [-0.4, -0.2) is 25.9 Å². The van der Waals surface area contributed by atoms with Gasteiger partial charge in [-0.3, -0.25) is 4.79 Å². The fourth-order valence-electron chi connectivity index (χ4n) is 1.73. The lowest BCUT2D eigenvalue weighted by Crippen LogP contribution is -2.26. The molecule has 0 radical (unpaired) electrons. The molecule has 0 bridgehead atoms. The fraction of sp³-hybridized carbons (Fsp3) is 0.125. The van der Waals surface area contributed by atoms with Gasteiger partial charge in [0.05, 0.1) is 0 Å². The molecule has 2 aromatic rings. The van der Waals surface area contributed by atoms with Gasteiger partial charge < -0.3 is 5.32 Å². The van der Waals surface area contributed by atoms with Crippen LogP contribution in [0.1, 0.15) is 12.0 Å². The number of nitrogens with zero attached hydrogens (tertiary/aromatic N) is 1. The van der Waals surface area contributed by atoms with Crippen molar-refractivity contribution in [2.24, 2.45) is 0 Å². The quantitative estimate of drug-likeness (QED) is 0.812. The van der Waals surface area contributed by atoms with Crippen LogP contribution < -0.4 is 10.0 Å². The molecule has 0 aliphatic heterocycles. The Bertz CT molecular complexity index is 760. The molecule has 0 saturated carbocycles. The molecule has 0 aliphatic rings. The van der Waals surface area contributed by atoms with Crippen LogP contribution in [0, 0.1) is 0 Å². The third-order valence-corrected chi connectivity index (χ3v) is 3.93. The molecule has 0 spiro atoms. The summed E-state index contributed by atoms with van der Waals surface area (Å²) in [5.74, 6) is 0.128. The highest BCUT2D eigenvalue weighted by Crippen LogP contribution is 2.03. The van der Waals surface area contributed by atoms with E-state index in [1.807, 2.05) is 18.2 Å². The Morgan fingerprint density at radius 2 is 1.83 bits per heavy atom. The summed E-state index contributed by atoms with van der Waals surface area (Å²) in [6.07, 6.45) is 3.08. The van der Waals surface area contributed by atoms with Crippen LogP contribution in [0.15, 0.2) is 60.1 Å². The van der Waals surface area contributed by atoms with Gasteiger partial charge >= 0.3 is 0 Å². The Kier molecular flexibility index (Phi) is 6.02. The lowest BCUT2D eigenvalue weighted by atomic mass is 10.2. The number of carbonyl (C=O) groups is 1. The minimum atomic E-state index is -3.57. The van der Waals surface area contributed by atoms with Crippen molar-refractivity contribution in [3.63, 3.8) is 0 Å². The van der Waals surface area contributed by atoms with Crippen LogP contribution in [0.25, 0.3) is 6.08 Å². The van der Waals surface area contributed by atoms with E-state index in [0.29, 0.717) is 5.82 Å². The largest absolute Gasteiger partial charge is 0.311 e. The van der Waals surface area contributed by atoms with Crippen LogP contribution in [0.5, 0.6) is 0 Å².